The van der Waals surface area contributed by atoms with Crippen LogP contribution in [0.3, 0.4) is 0 Å². The summed E-state index contributed by atoms with van der Waals surface area (Å²) in [6, 6.07) is 21.4. The molecule has 2 N–H and O–H groups in total. The summed E-state index contributed by atoms with van der Waals surface area (Å²) in [6.45, 7) is 3.92. The van der Waals surface area contributed by atoms with Gasteiger partial charge in [-0.2, -0.15) is 0 Å². The average molecular weight is 523 g/mol. The van der Waals surface area contributed by atoms with Crippen molar-refractivity contribution in [1.29, 1.82) is 0 Å². The molecule has 1 atom stereocenters. The number of para-hydroxylation sites is 1. The maximum atomic E-state index is 13.0. The Labute approximate surface area is 217 Å². The molecule has 0 aliphatic heterocycles. The molecule has 4 aromatic rings. The van der Waals surface area contributed by atoms with Gasteiger partial charge in [0.15, 0.2) is 11.0 Å². The van der Waals surface area contributed by atoms with Gasteiger partial charge in [-0.05, 0) is 49.7 Å². The molecule has 1 aromatic heterocycles. The van der Waals surface area contributed by atoms with Gasteiger partial charge in [0.25, 0.3) is 5.69 Å². The lowest BCUT2D eigenvalue weighted by Crippen LogP contribution is -2.23. The molecule has 0 bridgehead atoms. The summed E-state index contributed by atoms with van der Waals surface area (Å²) in [5.74, 6) is 0.357. The minimum absolute atomic E-state index is 0.0862. The maximum Gasteiger partial charge on any atom is 0.271 e. The van der Waals surface area contributed by atoms with E-state index in [4.69, 9.17) is 11.6 Å². The van der Waals surface area contributed by atoms with Crippen LogP contribution in [0, 0.1) is 17.0 Å². The first-order valence-corrected chi connectivity index (χ1v) is 12.3. The molecule has 0 aliphatic carbocycles. The fourth-order valence-corrected chi connectivity index (χ4v) is 4.49. The van der Waals surface area contributed by atoms with E-state index in [1.807, 2.05) is 53.1 Å². The third-order valence-electron chi connectivity index (χ3n) is 5.33. The molecular formula is C25H23ClN6O3S. The van der Waals surface area contributed by atoms with Crippen LogP contribution in [-0.4, -0.2) is 30.8 Å². The Morgan fingerprint density at radius 1 is 1.11 bits per heavy atom. The summed E-state index contributed by atoms with van der Waals surface area (Å²) in [6.07, 6.45) is 0. The smallest absolute Gasteiger partial charge is 0.271 e. The molecule has 0 unspecified atom stereocenters. The van der Waals surface area contributed by atoms with Crippen molar-refractivity contribution >= 4 is 46.3 Å². The van der Waals surface area contributed by atoms with E-state index >= 15 is 0 Å². The Kier molecular flexibility index (Phi) is 7.87. The van der Waals surface area contributed by atoms with Crippen molar-refractivity contribution in [1.82, 2.24) is 14.8 Å². The van der Waals surface area contributed by atoms with Crippen molar-refractivity contribution < 1.29 is 9.72 Å². The second-order valence-corrected chi connectivity index (χ2v) is 9.68. The quantitative estimate of drug-likeness (QED) is 0.160. The zero-order chi connectivity index (χ0) is 25.7. The number of carbonyl (C=O) groups is 1. The molecule has 0 saturated carbocycles. The minimum atomic E-state index is -0.552. The third kappa shape index (κ3) is 6.02. The summed E-state index contributed by atoms with van der Waals surface area (Å²) >= 11 is 7.34. The monoisotopic (exact) mass is 522 g/mol. The van der Waals surface area contributed by atoms with E-state index in [0.29, 0.717) is 28.2 Å². The minimum Gasteiger partial charge on any atom is -0.378 e. The molecule has 184 valence electrons. The number of nitro groups is 1. The Hall–Kier alpha value is -3.89. The fraction of sp³-hybridized carbons (Fsp3) is 0.160. The number of nitrogens with zero attached hydrogens (tertiary/aromatic N) is 4. The Bertz CT molecular complexity index is 1400. The predicted octanol–water partition coefficient (Wildman–Crippen LogP) is 5.87. The number of nitrogens with one attached hydrogen (secondary N) is 2. The molecule has 0 fully saturated rings. The molecule has 4 rings (SSSR count). The number of carbonyl (C=O) groups excluding carboxylic acids is 1. The van der Waals surface area contributed by atoms with Crippen LogP contribution in [0.2, 0.25) is 5.02 Å². The number of aryl methyl sites for hydroxylation is 1. The SMILES string of the molecule is Cc1ccc([N+](=O)[O-])cc1NC(=O)[C@@H](C)Sc1nnc(CNc2cccc(Cl)c2)n1-c1ccccc1. The molecule has 0 aliphatic rings. The van der Waals surface area contributed by atoms with E-state index in [0.717, 1.165) is 16.9 Å². The summed E-state index contributed by atoms with van der Waals surface area (Å²) < 4.78 is 1.89. The molecule has 11 heteroatoms. The van der Waals surface area contributed by atoms with Gasteiger partial charge in [0, 0.05) is 28.5 Å². The van der Waals surface area contributed by atoms with Gasteiger partial charge in [0.1, 0.15) is 0 Å². The highest BCUT2D eigenvalue weighted by Crippen LogP contribution is 2.28. The lowest BCUT2D eigenvalue weighted by atomic mass is 10.2. The second-order valence-electron chi connectivity index (χ2n) is 7.94. The molecule has 36 heavy (non-hydrogen) atoms. The Morgan fingerprint density at radius 2 is 1.89 bits per heavy atom. The number of hydrogen-bond donors (Lipinski definition) is 2. The number of halogens is 1. The number of aromatic nitrogens is 3. The molecule has 0 saturated heterocycles. The van der Waals surface area contributed by atoms with E-state index in [9.17, 15) is 14.9 Å². The van der Waals surface area contributed by atoms with Gasteiger partial charge in [0.2, 0.25) is 5.91 Å². The number of amides is 1. The van der Waals surface area contributed by atoms with Crippen LogP contribution in [0.1, 0.15) is 18.3 Å². The summed E-state index contributed by atoms with van der Waals surface area (Å²) in [5, 5.41) is 26.5. The van der Waals surface area contributed by atoms with Gasteiger partial charge < -0.3 is 10.6 Å². The van der Waals surface area contributed by atoms with Crippen LogP contribution in [0.25, 0.3) is 5.69 Å². The van der Waals surface area contributed by atoms with Crippen LogP contribution in [-0.2, 0) is 11.3 Å². The average Bonchev–Trinajstić information content (AvgIpc) is 3.26. The first-order chi connectivity index (χ1) is 17.3. The van der Waals surface area contributed by atoms with E-state index in [2.05, 4.69) is 20.8 Å². The maximum absolute atomic E-state index is 13.0. The lowest BCUT2D eigenvalue weighted by molar-refractivity contribution is -0.384. The van der Waals surface area contributed by atoms with E-state index in [1.165, 1.54) is 23.9 Å². The van der Waals surface area contributed by atoms with Gasteiger partial charge in [-0.15, -0.1) is 10.2 Å². The molecule has 0 radical (unpaired) electrons. The molecular weight excluding hydrogens is 500 g/mol. The standard InChI is InChI=1S/C25H23ClN6O3S/c1-16-11-12-21(32(34)35)14-22(16)28-24(33)17(2)36-25-30-29-23(31(25)20-9-4-3-5-10-20)15-27-19-8-6-7-18(26)13-19/h3-14,17,27H,15H2,1-2H3,(H,28,33)/t17-/m1/s1. The predicted molar refractivity (Wildman–Crippen MR) is 142 cm³/mol. The highest BCUT2D eigenvalue weighted by Gasteiger charge is 2.22. The van der Waals surface area contributed by atoms with Crippen LogP contribution < -0.4 is 10.6 Å². The fourth-order valence-electron chi connectivity index (χ4n) is 3.41. The largest absolute Gasteiger partial charge is 0.378 e. The van der Waals surface area contributed by atoms with Gasteiger partial charge >= 0.3 is 0 Å². The van der Waals surface area contributed by atoms with Crippen molar-refractivity contribution in [2.75, 3.05) is 10.6 Å². The van der Waals surface area contributed by atoms with E-state index in [-0.39, 0.29) is 11.6 Å². The van der Waals surface area contributed by atoms with Gasteiger partial charge in [-0.25, -0.2) is 0 Å². The number of non-ortho nitro benzene ring substituents is 1. The number of nitro benzene ring substituents is 1. The van der Waals surface area contributed by atoms with Gasteiger partial charge in [-0.3, -0.25) is 19.5 Å². The summed E-state index contributed by atoms with van der Waals surface area (Å²) in [5.41, 5.74) is 2.75. The molecule has 1 amide bonds. The van der Waals surface area contributed by atoms with Crippen molar-refractivity contribution in [2.24, 2.45) is 0 Å². The summed E-state index contributed by atoms with van der Waals surface area (Å²) in [7, 11) is 0. The molecule has 9 nitrogen and oxygen atoms in total. The highest BCUT2D eigenvalue weighted by atomic mass is 35.5. The zero-order valence-corrected chi connectivity index (χ0v) is 21.1. The number of hydrogen-bond acceptors (Lipinski definition) is 7. The second kappa shape index (κ2) is 11.2. The number of benzene rings is 3. The van der Waals surface area contributed by atoms with Crippen LogP contribution in [0.4, 0.5) is 17.1 Å². The first-order valence-electron chi connectivity index (χ1n) is 11.0. The van der Waals surface area contributed by atoms with Crippen LogP contribution in [0.5, 0.6) is 0 Å². The van der Waals surface area contributed by atoms with Crippen LogP contribution >= 0.6 is 23.4 Å². The lowest BCUT2D eigenvalue weighted by Gasteiger charge is -2.15. The van der Waals surface area contributed by atoms with Crippen LogP contribution in [0.15, 0.2) is 78.0 Å². The first kappa shape index (κ1) is 25.2. The summed E-state index contributed by atoms with van der Waals surface area (Å²) in [4.78, 5) is 23.6. The van der Waals surface area contributed by atoms with Gasteiger partial charge in [0.05, 0.1) is 22.4 Å². The molecule has 1 heterocycles. The van der Waals surface area contributed by atoms with Crippen molar-refractivity contribution in [3.05, 3.63) is 99.3 Å². The molecule has 3 aromatic carbocycles. The van der Waals surface area contributed by atoms with Crippen molar-refractivity contribution in [3.8, 4) is 5.69 Å². The van der Waals surface area contributed by atoms with E-state index in [1.54, 1.807) is 26.0 Å². The molecule has 0 spiro atoms. The highest BCUT2D eigenvalue weighted by molar-refractivity contribution is 8.00. The normalized spacial score (nSPS) is 11.6. The number of anilines is 2. The van der Waals surface area contributed by atoms with Gasteiger partial charge in [-0.1, -0.05) is 53.7 Å². The topological polar surface area (TPSA) is 115 Å². The number of rotatable bonds is 9. The van der Waals surface area contributed by atoms with Crippen molar-refractivity contribution in [3.63, 3.8) is 0 Å². The van der Waals surface area contributed by atoms with E-state index < -0.39 is 10.2 Å². The Morgan fingerprint density at radius 3 is 2.61 bits per heavy atom. The number of thioether (sulfide) groups is 1. The third-order valence-corrected chi connectivity index (χ3v) is 6.61. The zero-order valence-electron chi connectivity index (χ0n) is 19.5. The van der Waals surface area contributed by atoms with Crippen molar-refractivity contribution in [2.45, 2.75) is 30.8 Å². The Balaban J connectivity index is 1.54.